The highest BCUT2D eigenvalue weighted by atomic mass is 16.5. The standard InChI is InChI=1S/C13H26N4O3/c1-20-11-10-17(9-6-12(14)15-19)13(18)16-7-4-2-3-5-8-16/h19H,2-11H2,1H3,(H2,14,15). The SMILES string of the molecule is COCCN(CCC(N)=NO)C(=O)N1CCCCCC1. The molecule has 0 spiro atoms. The summed E-state index contributed by atoms with van der Waals surface area (Å²) >= 11 is 0. The van der Waals surface area contributed by atoms with E-state index in [1.54, 1.807) is 12.0 Å². The van der Waals surface area contributed by atoms with E-state index in [1.807, 2.05) is 4.90 Å². The molecule has 0 aromatic rings. The number of carbonyl (C=O) groups excluding carboxylic acids is 1. The number of methoxy groups -OCH3 is 1. The molecule has 2 amide bonds. The molecule has 0 bridgehead atoms. The van der Waals surface area contributed by atoms with Crippen LogP contribution < -0.4 is 5.73 Å². The Bertz CT molecular complexity index is 315. The predicted octanol–water partition coefficient (Wildman–Crippen LogP) is 1.07. The summed E-state index contributed by atoms with van der Waals surface area (Å²) in [5, 5.41) is 11.5. The summed E-state index contributed by atoms with van der Waals surface area (Å²) in [7, 11) is 1.61. The van der Waals surface area contributed by atoms with Crippen molar-refractivity contribution in [3.63, 3.8) is 0 Å². The molecule has 0 saturated carbocycles. The van der Waals surface area contributed by atoms with Crippen LogP contribution >= 0.6 is 0 Å². The molecule has 1 aliphatic heterocycles. The fourth-order valence-electron chi connectivity index (χ4n) is 2.27. The van der Waals surface area contributed by atoms with Gasteiger partial charge in [0.1, 0.15) is 5.84 Å². The topological polar surface area (TPSA) is 91.4 Å². The first-order valence-corrected chi connectivity index (χ1v) is 7.18. The Morgan fingerprint density at radius 2 is 1.95 bits per heavy atom. The average Bonchev–Trinajstić information content (AvgIpc) is 2.75. The minimum Gasteiger partial charge on any atom is -0.409 e. The number of hydrogen-bond donors (Lipinski definition) is 2. The summed E-state index contributed by atoms with van der Waals surface area (Å²) in [6.45, 7) is 3.06. The maximum Gasteiger partial charge on any atom is 0.320 e. The second kappa shape index (κ2) is 9.41. The third kappa shape index (κ3) is 5.64. The molecule has 20 heavy (non-hydrogen) atoms. The van der Waals surface area contributed by atoms with Gasteiger partial charge in [0.2, 0.25) is 0 Å². The van der Waals surface area contributed by atoms with E-state index < -0.39 is 0 Å². The average molecular weight is 286 g/mol. The zero-order valence-corrected chi connectivity index (χ0v) is 12.3. The van der Waals surface area contributed by atoms with Gasteiger partial charge in [-0.1, -0.05) is 18.0 Å². The van der Waals surface area contributed by atoms with Crippen LogP contribution in [0.4, 0.5) is 4.79 Å². The molecule has 7 nitrogen and oxygen atoms in total. The van der Waals surface area contributed by atoms with E-state index in [2.05, 4.69) is 5.16 Å². The van der Waals surface area contributed by atoms with Gasteiger partial charge in [-0.3, -0.25) is 0 Å². The van der Waals surface area contributed by atoms with Gasteiger partial charge in [-0.05, 0) is 12.8 Å². The maximum absolute atomic E-state index is 12.5. The number of rotatable bonds is 6. The monoisotopic (exact) mass is 286 g/mol. The molecule has 0 unspecified atom stereocenters. The summed E-state index contributed by atoms with van der Waals surface area (Å²) in [4.78, 5) is 16.1. The fourth-order valence-corrected chi connectivity index (χ4v) is 2.27. The van der Waals surface area contributed by atoms with Crippen molar-refractivity contribution < 1.29 is 14.7 Å². The number of likely N-dealkylation sites (tertiary alicyclic amines) is 1. The third-order valence-corrected chi connectivity index (χ3v) is 3.48. The number of hydrogen-bond acceptors (Lipinski definition) is 4. The van der Waals surface area contributed by atoms with E-state index in [0.29, 0.717) is 26.1 Å². The quantitative estimate of drug-likeness (QED) is 0.331. The van der Waals surface area contributed by atoms with E-state index in [1.165, 1.54) is 12.8 Å². The number of amidine groups is 1. The summed E-state index contributed by atoms with van der Waals surface area (Å²) < 4.78 is 5.04. The van der Waals surface area contributed by atoms with Crippen molar-refractivity contribution in [3.8, 4) is 0 Å². The van der Waals surface area contributed by atoms with Gasteiger partial charge in [-0.15, -0.1) is 0 Å². The molecule has 1 fully saturated rings. The number of amides is 2. The minimum absolute atomic E-state index is 0.0229. The van der Waals surface area contributed by atoms with Crippen LogP contribution in [0.25, 0.3) is 0 Å². The predicted molar refractivity (Wildman–Crippen MR) is 76.9 cm³/mol. The largest absolute Gasteiger partial charge is 0.409 e. The minimum atomic E-state index is 0.0229. The van der Waals surface area contributed by atoms with Crippen molar-refractivity contribution in [2.75, 3.05) is 39.9 Å². The molecule has 1 rings (SSSR count). The molecule has 0 aliphatic carbocycles. The van der Waals surface area contributed by atoms with Crippen molar-refractivity contribution >= 4 is 11.9 Å². The van der Waals surface area contributed by atoms with Gasteiger partial charge in [0.05, 0.1) is 6.61 Å². The van der Waals surface area contributed by atoms with Gasteiger partial charge in [0, 0.05) is 39.7 Å². The van der Waals surface area contributed by atoms with Crippen molar-refractivity contribution in [2.24, 2.45) is 10.9 Å². The van der Waals surface area contributed by atoms with Crippen molar-refractivity contribution in [3.05, 3.63) is 0 Å². The molecule has 0 atom stereocenters. The van der Waals surface area contributed by atoms with E-state index in [0.717, 1.165) is 25.9 Å². The lowest BCUT2D eigenvalue weighted by atomic mass is 10.2. The smallest absolute Gasteiger partial charge is 0.320 e. The van der Waals surface area contributed by atoms with Gasteiger partial charge < -0.3 is 25.5 Å². The molecule has 116 valence electrons. The molecular weight excluding hydrogens is 260 g/mol. The van der Waals surface area contributed by atoms with Gasteiger partial charge in [-0.25, -0.2) is 4.79 Å². The van der Waals surface area contributed by atoms with Crippen LogP contribution in [0.1, 0.15) is 32.1 Å². The van der Waals surface area contributed by atoms with Crippen LogP contribution in [0, 0.1) is 0 Å². The number of carbonyl (C=O) groups is 1. The summed E-state index contributed by atoms with van der Waals surface area (Å²) in [6, 6.07) is 0.0229. The molecule has 0 aromatic heterocycles. The van der Waals surface area contributed by atoms with Crippen LogP contribution in [0.15, 0.2) is 5.16 Å². The van der Waals surface area contributed by atoms with Crippen LogP contribution in [-0.4, -0.2) is 66.8 Å². The van der Waals surface area contributed by atoms with E-state index >= 15 is 0 Å². The molecular formula is C13H26N4O3. The van der Waals surface area contributed by atoms with Crippen molar-refractivity contribution in [1.82, 2.24) is 9.80 Å². The zero-order chi connectivity index (χ0) is 14.8. The van der Waals surface area contributed by atoms with E-state index in [9.17, 15) is 4.79 Å². The van der Waals surface area contributed by atoms with Crippen LogP contribution in [0.2, 0.25) is 0 Å². The third-order valence-electron chi connectivity index (χ3n) is 3.48. The molecule has 0 aromatic carbocycles. The van der Waals surface area contributed by atoms with E-state index in [4.69, 9.17) is 15.7 Å². The Morgan fingerprint density at radius 3 is 2.50 bits per heavy atom. The number of ether oxygens (including phenoxy) is 1. The van der Waals surface area contributed by atoms with Crippen LogP contribution in [0.5, 0.6) is 0 Å². The Labute approximate surface area is 120 Å². The molecule has 0 radical (unpaired) electrons. The summed E-state index contributed by atoms with van der Waals surface area (Å²) in [5.74, 6) is 0.135. The maximum atomic E-state index is 12.5. The number of oxime groups is 1. The molecule has 1 saturated heterocycles. The lowest BCUT2D eigenvalue weighted by Gasteiger charge is -2.29. The molecule has 1 aliphatic rings. The van der Waals surface area contributed by atoms with Crippen molar-refractivity contribution in [1.29, 1.82) is 0 Å². The number of nitrogens with two attached hydrogens (primary N) is 1. The lowest BCUT2D eigenvalue weighted by molar-refractivity contribution is 0.127. The molecule has 3 N–H and O–H groups in total. The summed E-state index contributed by atoms with van der Waals surface area (Å²) in [6.07, 6.45) is 4.85. The van der Waals surface area contributed by atoms with Gasteiger partial charge >= 0.3 is 6.03 Å². The second-order valence-electron chi connectivity index (χ2n) is 5.01. The lowest BCUT2D eigenvalue weighted by Crippen LogP contribution is -2.46. The Balaban J connectivity index is 2.57. The van der Waals surface area contributed by atoms with Crippen molar-refractivity contribution in [2.45, 2.75) is 32.1 Å². The fraction of sp³-hybridized carbons (Fsp3) is 0.846. The first-order chi connectivity index (χ1) is 9.69. The Kier molecular flexibility index (Phi) is 7.79. The van der Waals surface area contributed by atoms with E-state index in [-0.39, 0.29) is 11.9 Å². The Morgan fingerprint density at radius 1 is 1.30 bits per heavy atom. The second-order valence-corrected chi connectivity index (χ2v) is 5.01. The highest BCUT2D eigenvalue weighted by Gasteiger charge is 2.21. The molecule has 7 heteroatoms. The number of urea groups is 1. The zero-order valence-electron chi connectivity index (χ0n) is 12.3. The number of nitrogens with zero attached hydrogens (tertiary/aromatic N) is 3. The highest BCUT2D eigenvalue weighted by Crippen LogP contribution is 2.12. The van der Waals surface area contributed by atoms with Gasteiger partial charge in [-0.2, -0.15) is 0 Å². The van der Waals surface area contributed by atoms with Gasteiger partial charge in [0.15, 0.2) is 0 Å². The van der Waals surface area contributed by atoms with Gasteiger partial charge in [0.25, 0.3) is 0 Å². The normalized spacial score (nSPS) is 16.9. The highest BCUT2D eigenvalue weighted by molar-refractivity contribution is 5.81. The first kappa shape index (κ1) is 16.6. The first-order valence-electron chi connectivity index (χ1n) is 7.18. The Hall–Kier alpha value is -1.50. The van der Waals surface area contributed by atoms with Crippen LogP contribution in [0.3, 0.4) is 0 Å². The van der Waals surface area contributed by atoms with Crippen LogP contribution in [-0.2, 0) is 4.74 Å². The summed E-state index contributed by atoms with van der Waals surface area (Å²) in [5.41, 5.74) is 5.47. The molecule has 1 heterocycles.